The SMILES string of the molecule is Cc1c(Cl)cccc1NC(=O)Nc1ccno1. The smallest absolute Gasteiger partial charge is 0.326 e. The number of carbonyl (C=O) groups is 1. The first-order valence-electron chi connectivity index (χ1n) is 4.90. The highest BCUT2D eigenvalue weighted by atomic mass is 35.5. The van der Waals surface area contributed by atoms with Gasteiger partial charge in [0, 0.05) is 16.8 Å². The summed E-state index contributed by atoms with van der Waals surface area (Å²) in [4.78, 5) is 11.6. The Balaban J connectivity index is 2.06. The number of nitrogens with zero attached hydrogens (tertiary/aromatic N) is 1. The van der Waals surface area contributed by atoms with Crippen molar-refractivity contribution in [1.82, 2.24) is 5.16 Å². The fourth-order valence-corrected chi connectivity index (χ4v) is 1.46. The second-order valence-electron chi connectivity index (χ2n) is 3.37. The molecule has 0 radical (unpaired) electrons. The van der Waals surface area contributed by atoms with Crippen molar-refractivity contribution in [3.63, 3.8) is 0 Å². The van der Waals surface area contributed by atoms with Crippen LogP contribution in [0.2, 0.25) is 5.02 Å². The largest absolute Gasteiger partial charge is 0.338 e. The molecule has 5 nitrogen and oxygen atoms in total. The molecule has 1 aromatic carbocycles. The van der Waals surface area contributed by atoms with Crippen LogP contribution in [-0.2, 0) is 0 Å². The van der Waals surface area contributed by atoms with Crippen LogP contribution in [0.5, 0.6) is 0 Å². The van der Waals surface area contributed by atoms with E-state index in [0.717, 1.165) is 5.56 Å². The first kappa shape index (κ1) is 11.5. The molecule has 2 N–H and O–H groups in total. The van der Waals surface area contributed by atoms with Gasteiger partial charge in [-0.1, -0.05) is 22.8 Å². The van der Waals surface area contributed by atoms with Gasteiger partial charge in [-0.15, -0.1) is 0 Å². The average molecular weight is 252 g/mol. The summed E-state index contributed by atoms with van der Waals surface area (Å²) in [6.45, 7) is 1.83. The highest BCUT2D eigenvalue weighted by molar-refractivity contribution is 6.31. The zero-order valence-electron chi connectivity index (χ0n) is 9.03. The second kappa shape index (κ2) is 4.88. The van der Waals surface area contributed by atoms with Gasteiger partial charge in [0.2, 0.25) is 5.88 Å². The summed E-state index contributed by atoms with van der Waals surface area (Å²) in [7, 11) is 0. The number of rotatable bonds is 2. The van der Waals surface area contributed by atoms with Crippen molar-refractivity contribution < 1.29 is 9.32 Å². The summed E-state index contributed by atoms with van der Waals surface area (Å²) in [6.07, 6.45) is 1.44. The highest BCUT2D eigenvalue weighted by Crippen LogP contribution is 2.22. The van der Waals surface area contributed by atoms with Gasteiger partial charge in [-0.3, -0.25) is 5.32 Å². The lowest BCUT2D eigenvalue weighted by molar-refractivity contribution is 0.261. The van der Waals surface area contributed by atoms with Gasteiger partial charge in [-0.05, 0) is 24.6 Å². The van der Waals surface area contributed by atoms with Crippen molar-refractivity contribution in [3.8, 4) is 0 Å². The molecule has 2 amide bonds. The molecule has 0 saturated heterocycles. The Hall–Kier alpha value is -2.01. The normalized spacial score (nSPS) is 10.0. The molecule has 6 heteroatoms. The highest BCUT2D eigenvalue weighted by Gasteiger charge is 2.07. The van der Waals surface area contributed by atoms with Crippen LogP contribution in [0, 0.1) is 6.92 Å². The second-order valence-corrected chi connectivity index (χ2v) is 3.78. The molecule has 17 heavy (non-hydrogen) atoms. The zero-order valence-corrected chi connectivity index (χ0v) is 9.78. The molecule has 0 bridgehead atoms. The van der Waals surface area contributed by atoms with E-state index in [0.29, 0.717) is 10.7 Å². The third-order valence-corrected chi connectivity index (χ3v) is 2.60. The van der Waals surface area contributed by atoms with Crippen molar-refractivity contribution in [2.75, 3.05) is 10.6 Å². The molecule has 0 saturated carbocycles. The van der Waals surface area contributed by atoms with Crippen LogP contribution in [0.4, 0.5) is 16.4 Å². The predicted molar refractivity (Wildman–Crippen MR) is 65.3 cm³/mol. The standard InChI is InChI=1S/C11H10ClN3O2/c1-7-8(12)3-2-4-9(7)14-11(16)15-10-5-6-13-17-10/h2-6H,1H3,(H2,14,15,16). The van der Waals surface area contributed by atoms with Gasteiger partial charge in [-0.25, -0.2) is 4.79 Å². The Morgan fingerprint density at radius 3 is 2.88 bits per heavy atom. The molecule has 2 aromatic rings. The first-order chi connectivity index (χ1) is 8.16. The van der Waals surface area contributed by atoms with Crippen molar-refractivity contribution in [3.05, 3.63) is 41.0 Å². The minimum atomic E-state index is -0.410. The molecule has 0 fully saturated rings. The summed E-state index contributed by atoms with van der Waals surface area (Å²) in [5, 5.41) is 9.24. The molecule has 0 aliphatic carbocycles. The monoisotopic (exact) mass is 251 g/mol. The fourth-order valence-electron chi connectivity index (χ4n) is 1.29. The summed E-state index contributed by atoms with van der Waals surface area (Å²) in [5.41, 5.74) is 1.46. The maximum absolute atomic E-state index is 11.6. The van der Waals surface area contributed by atoms with E-state index in [-0.39, 0.29) is 5.88 Å². The minimum Gasteiger partial charge on any atom is -0.338 e. The fraction of sp³-hybridized carbons (Fsp3) is 0.0909. The number of hydrogen-bond acceptors (Lipinski definition) is 3. The Kier molecular flexibility index (Phi) is 3.30. The molecule has 0 atom stereocenters. The van der Waals surface area contributed by atoms with Gasteiger partial charge in [0.25, 0.3) is 0 Å². The summed E-state index contributed by atoms with van der Waals surface area (Å²) < 4.78 is 4.75. The quantitative estimate of drug-likeness (QED) is 0.861. The Bertz CT molecular complexity index is 526. The van der Waals surface area contributed by atoms with E-state index in [9.17, 15) is 4.79 Å². The van der Waals surface area contributed by atoms with E-state index < -0.39 is 6.03 Å². The molecule has 0 aliphatic heterocycles. The number of aromatic nitrogens is 1. The predicted octanol–water partition coefficient (Wildman–Crippen LogP) is 3.28. The van der Waals surface area contributed by atoms with E-state index in [1.54, 1.807) is 24.3 Å². The van der Waals surface area contributed by atoms with Crippen LogP contribution >= 0.6 is 11.6 Å². The van der Waals surface area contributed by atoms with Crippen LogP contribution < -0.4 is 10.6 Å². The number of carbonyl (C=O) groups excluding carboxylic acids is 1. The third-order valence-electron chi connectivity index (χ3n) is 2.19. The van der Waals surface area contributed by atoms with Gasteiger partial charge >= 0.3 is 6.03 Å². The van der Waals surface area contributed by atoms with Gasteiger partial charge in [-0.2, -0.15) is 0 Å². The van der Waals surface area contributed by atoms with Crippen LogP contribution in [0.25, 0.3) is 0 Å². The van der Waals surface area contributed by atoms with Crippen molar-refractivity contribution in [2.45, 2.75) is 6.92 Å². The molecule has 0 aliphatic rings. The topological polar surface area (TPSA) is 67.2 Å². The molecule has 88 valence electrons. The van der Waals surface area contributed by atoms with Crippen molar-refractivity contribution >= 4 is 29.2 Å². The molecule has 0 spiro atoms. The van der Waals surface area contributed by atoms with Gasteiger partial charge in [0.1, 0.15) is 0 Å². The Morgan fingerprint density at radius 1 is 1.35 bits per heavy atom. The summed E-state index contributed by atoms with van der Waals surface area (Å²) in [6, 6.07) is 6.42. The van der Waals surface area contributed by atoms with Crippen LogP contribution in [0.15, 0.2) is 35.0 Å². The van der Waals surface area contributed by atoms with E-state index in [2.05, 4.69) is 15.8 Å². The number of benzene rings is 1. The number of urea groups is 1. The molecular weight excluding hydrogens is 242 g/mol. The molecule has 2 rings (SSSR count). The molecule has 1 heterocycles. The van der Waals surface area contributed by atoms with Crippen LogP contribution in [-0.4, -0.2) is 11.2 Å². The maximum Gasteiger partial charge on any atom is 0.326 e. The van der Waals surface area contributed by atoms with E-state index in [1.807, 2.05) is 6.92 Å². The summed E-state index contributed by atoms with van der Waals surface area (Å²) in [5.74, 6) is 0.280. The Labute approximate surface area is 103 Å². The number of anilines is 2. The average Bonchev–Trinajstić information content (AvgIpc) is 2.77. The van der Waals surface area contributed by atoms with Crippen LogP contribution in [0.3, 0.4) is 0 Å². The number of amides is 2. The molecule has 1 aromatic heterocycles. The lowest BCUT2D eigenvalue weighted by Crippen LogP contribution is -2.19. The van der Waals surface area contributed by atoms with Gasteiger partial charge in [0.15, 0.2) is 0 Å². The maximum atomic E-state index is 11.6. The van der Waals surface area contributed by atoms with Gasteiger partial charge < -0.3 is 9.84 Å². The van der Waals surface area contributed by atoms with E-state index >= 15 is 0 Å². The molecular formula is C11H10ClN3O2. The minimum absolute atomic E-state index is 0.280. The van der Waals surface area contributed by atoms with Crippen LogP contribution in [0.1, 0.15) is 5.56 Å². The van der Waals surface area contributed by atoms with E-state index in [1.165, 1.54) is 6.20 Å². The van der Waals surface area contributed by atoms with Gasteiger partial charge in [0.05, 0.1) is 6.20 Å². The summed E-state index contributed by atoms with van der Waals surface area (Å²) >= 11 is 5.94. The lowest BCUT2D eigenvalue weighted by atomic mass is 10.2. The number of nitrogens with one attached hydrogen (secondary N) is 2. The number of hydrogen-bond donors (Lipinski definition) is 2. The van der Waals surface area contributed by atoms with E-state index in [4.69, 9.17) is 16.1 Å². The van der Waals surface area contributed by atoms with Crippen molar-refractivity contribution in [2.24, 2.45) is 0 Å². The van der Waals surface area contributed by atoms with Crippen molar-refractivity contribution in [1.29, 1.82) is 0 Å². The third kappa shape index (κ3) is 2.76. The Morgan fingerprint density at radius 2 is 2.18 bits per heavy atom. The molecule has 0 unspecified atom stereocenters. The first-order valence-corrected chi connectivity index (χ1v) is 5.28. The lowest BCUT2D eigenvalue weighted by Gasteiger charge is -2.08. The number of halogens is 1. The zero-order chi connectivity index (χ0) is 12.3.